The predicted molar refractivity (Wildman–Crippen MR) is 154 cm³/mol. The third-order valence-electron chi connectivity index (χ3n) is 6.08. The number of hydrogen-bond donors (Lipinski definition) is 0. The molecule has 1 aliphatic heterocycles. The lowest BCUT2D eigenvalue weighted by Crippen LogP contribution is -2.34. The van der Waals surface area contributed by atoms with Gasteiger partial charge in [-0.15, -0.1) is 0 Å². The van der Waals surface area contributed by atoms with Crippen LogP contribution in [0, 0.1) is 0 Å². The number of hydrogen-bond acceptors (Lipinski definition) is 6. The summed E-state index contributed by atoms with van der Waals surface area (Å²) in [5.41, 5.74) is 3.13. The maximum Gasteiger partial charge on any atom is 0.278 e. The van der Waals surface area contributed by atoms with Crippen LogP contribution in [0.3, 0.4) is 0 Å². The Labute approximate surface area is 230 Å². The van der Waals surface area contributed by atoms with E-state index in [-0.39, 0.29) is 5.91 Å². The lowest BCUT2D eigenvalue weighted by Gasteiger charge is -2.19. The first-order chi connectivity index (χ1) is 19.1. The Hall–Kier alpha value is -4.26. The first-order valence-electron chi connectivity index (χ1n) is 13.5. The van der Waals surface area contributed by atoms with E-state index in [9.17, 15) is 4.79 Å². The highest BCUT2D eigenvalue weighted by Gasteiger charge is 2.31. The first kappa shape index (κ1) is 27.8. The Kier molecular flexibility index (Phi) is 9.62. The van der Waals surface area contributed by atoms with Crippen molar-refractivity contribution < 1.29 is 23.7 Å². The van der Waals surface area contributed by atoms with Crippen molar-refractivity contribution in [2.75, 3.05) is 33.0 Å². The molecule has 0 N–H and O–H groups in total. The molecule has 7 heteroatoms. The van der Waals surface area contributed by atoms with Gasteiger partial charge in [0.25, 0.3) is 5.91 Å². The van der Waals surface area contributed by atoms with E-state index >= 15 is 0 Å². The van der Waals surface area contributed by atoms with Crippen LogP contribution in [0.4, 0.5) is 0 Å². The van der Waals surface area contributed by atoms with Gasteiger partial charge in [-0.3, -0.25) is 9.69 Å². The molecule has 3 aromatic carbocycles. The summed E-state index contributed by atoms with van der Waals surface area (Å²) in [7, 11) is 0. The second-order valence-corrected chi connectivity index (χ2v) is 8.76. The van der Waals surface area contributed by atoms with E-state index in [0.717, 1.165) is 22.4 Å². The summed E-state index contributed by atoms with van der Waals surface area (Å²) < 4.78 is 22.9. The largest absolute Gasteiger partial charge is 0.490 e. The lowest BCUT2D eigenvalue weighted by atomic mass is 10.1. The molecule has 0 spiro atoms. The molecular weight excluding hydrogens is 492 g/mol. The molecule has 1 heterocycles. The number of ether oxygens (including phenoxy) is 4. The van der Waals surface area contributed by atoms with Crippen molar-refractivity contribution in [1.82, 2.24) is 4.90 Å². The summed E-state index contributed by atoms with van der Waals surface area (Å²) in [5, 5.41) is 0. The summed E-state index contributed by atoms with van der Waals surface area (Å²) in [6.45, 7) is 10.4. The van der Waals surface area contributed by atoms with Crippen molar-refractivity contribution in [3.8, 4) is 23.0 Å². The van der Waals surface area contributed by atoms with Gasteiger partial charge in [0.05, 0.1) is 26.4 Å². The number of carbonyl (C=O) groups excluding carboxylic acids is 1. The molecule has 0 bridgehead atoms. The average molecular weight is 529 g/mol. The Morgan fingerprint density at radius 2 is 1.31 bits per heavy atom. The zero-order chi connectivity index (χ0) is 27.6. The zero-order valence-electron chi connectivity index (χ0n) is 23.1. The van der Waals surface area contributed by atoms with Crippen LogP contribution in [0.1, 0.15) is 44.4 Å². The Morgan fingerprint density at radius 1 is 0.718 bits per heavy atom. The topological polar surface area (TPSA) is 69.6 Å². The van der Waals surface area contributed by atoms with E-state index in [1.165, 1.54) is 0 Å². The van der Waals surface area contributed by atoms with Gasteiger partial charge in [0.15, 0.2) is 23.0 Å². The van der Waals surface area contributed by atoms with Gasteiger partial charge in [-0.25, -0.2) is 4.99 Å². The van der Waals surface area contributed by atoms with Gasteiger partial charge in [0.2, 0.25) is 0 Å². The van der Waals surface area contributed by atoms with Crippen molar-refractivity contribution in [3.05, 3.63) is 89.1 Å². The fourth-order valence-electron chi connectivity index (χ4n) is 4.37. The van der Waals surface area contributed by atoms with Crippen LogP contribution < -0.4 is 18.9 Å². The van der Waals surface area contributed by atoms with Crippen LogP contribution in [-0.2, 0) is 11.2 Å². The number of rotatable bonds is 13. The molecule has 39 heavy (non-hydrogen) atoms. The number of benzene rings is 3. The maximum atomic E-state index is 13.6. The van der Waals surface area contributed by atoms with Gasteiger partial charge in [0.1, 0.15) is 11.5 Å². The third kappa shape index (κ3) is 6.79. The molecule has 4 rings (SSSR count). The zero-order valence-corrected chi connectivity index (χ0v) is 23.1. The van der Waals surface area contributed by atoms with Crippen LogP contribution in [0.15, 0.2) is 77.4 Å². The predicted octanol–water partition coefficient (Wildman–Crippen LogP) is 6.15. The van der Waals surface area contributed by atoms with Crippen LogP contribution in [-0.4, -0.2) is 49.6 Å². The highest BCUT2D eigenvalue weighted by Crippen LogP contribution is 2.31. The number of aliphatic imine (C=N–C) groups is 1. The molecule has 0 saturated carbocycles. The standard InChI is InChI=1S/C32H36N2O5/c1-5-36-27-16-14-23(21-29(27)38-7-3)18-19-34-31(25-12-10-9-11-13-25)33-26(32(34)35)20-24-15-17-28(37-6-2)30(22-24)39-8-4/h9-17,20-22H,5-8,18-19H2,1-4H3/b26-20+. The third-order valence-corrected chi connectivity index (χ3v) is 6.08. The molecule has 7 nitrogen and oxygen atoms in total. The van der Waals surface area contributed by atoms with Crippen LogP contribution in [0.2, 0.25) is 0 Å². The highest BCUT2D eigenvalue weighted by atomic mass is 16.5. The second-order valence-electron chi connectivity index (χ2n) is 8.76. The van der Waals surface area contributed by atoms with Crippen molar-refractivity contribution in [2.24, 2.45) is 4.99 Å². The monoisotopic (exact) mass is 528 g/mol. The summed E-state index contributed by atoms with van der Waals surface area (Å²) in [6.07, 6.45) is 2.43. The van der Waals surface area contributed by atoms with E-state index in [1.54, 1.807) is 11.0 Å². The Bertz CT molecular complexity index is 1330. The van der Waals surface area contributed by atoms with E-state index in [4.69, 9.17) is 23.9 Å². The number of amidine groups is 1. The molecule has 0 fully saturated rings. The van der Waals surface area contributed by atoms with E-state index in [2.05, 4.69) is 0 Å². The maximum absolute atomic E-state index is 13.6. The van der Waals surface area contributed by atoms with Crippen molar-refractivity contribution in [2.45, 2.75) is 34.1 Å². The average Bonchev–Trinajstić information content (AvgIpc) is 3.25. The SMILES string of the molecule is CCOc1ccc(/C=C2/N=C(c3ccccc3)N(CCc3ccc(OCC)c(OCC)c3)C2=O)cc1OCC. The molecule has 204 valence electrons. The fraction of sp³-hybridized carbons (Fsp3) is 0.312. The minimum atomic E-state index is -0.142. The molecule has 0 unspecified atom stereocenters. The minimum Gasteiger partial charge on any atom is -0.490 e. The number of carbonyl (C=O) groups is 1. The Balaban J connectivity index is 1.62. The van der Waals surface area contributed by atoms with Gasteiger partial charge in [-0.2, -0.15) is 0 Å². The second kappa shape index (κ2) is 13.5. The normalized spacial score (nSPS) is 13.9. The summed E-state index contributed by atoms with van der Waals surface area (Å²) >= 11 is 0. The van der Waals surface area contributed by atoms with Gasteiger partial charge in [0, 0.05) is 12.1 Å². The number of amides is 1. The van der Waals surface area contributed by atoms with Crippen molar-refractivity contribution in [1.29, 1.82) is 0 Å². The smallest absolute Gasteiger partial charge is 0.278 e. The molecule has 0 aromatic heterocycles. The molecule has 0 aliphatic carbocycles. The number of nitrogens with zero attached hydrogens (tertiary/aromatic N) is 2. The highest BCUT2D eigenvalue weighted by molar-refractivity contribution is 6.19. The van der Waals surface area contributed by atoms with Crippen molar-refractivity contribution in [3.63, 3.8) is 0 Å². The first-order valence-corrected chi connectivity index (χ1v) is 13.5. The van der Waals surface area contributed by atoms with E-state index in [0.29, 0.717) is 68.2 Å². The summed E-state index contributed by atoms with van der Waals surface area (Å²) in [5.74, 6) is 3.25. The van der Waals surface area contributed by atoms with E-state index in [1.807, 2.05) is 94.4 Å². The molecule has 3 aromatic rings. The van der Waals surface area contributed by atoms with E-state index < -0.39 is 0 Å². The molecule has 0 saturated heterocycles. The quantitative estimate of drug-likeness (QED) is 0.249. The van der Waals surface area contributed by atoms with Gasteiger partial charge in [-0.05, 0) is 75.6 Å². The molecular formula is C32H36N2O5. The summed E-state index contributed by atoms with van der Waals surface area (Å²) in [4.78, 5) is 20.2. The van der Waals surface area contributed by atoms with Crippen LogP contribution in [0.25, 0.3) is 6.08 Å². The van der Waals surface area contributed by atoms with Gasteiger partial charge < -0.3 is 18.9 Å². The fourth-order valence-corrected chi connectivity index (χ4v) is 4.37. The molecule has 1 aliphatic rings. The molecule has 0 atom stereocenters. The lowest BCUT2D eigenvalue weighted by molar-refractivity contribution is -0.122. The summed E-state index contributed by atoms with van der Waals surface area (Å²) in [6, 6.07) is 21.4. The van der Waals surface area contributed by atoms with Crippen molar-refractivity contribution >= 4 is 17.8 Å². The minimum absolute atomic E-state index is 0.142. The van der Waals surface area contributed by atoms with Crippen LogP contribution in [0.5, 0.6) is 23.0 Å². The van der Waals surface area contributed by atoms with Gasteiger partial charge >= 0.3 is 0 Å². The molecule has 0 radical (unpaired) electrons. The Morgan fingerprint density at radius 3 is 1.95 bits per heavy atom. The van der Waals surface area contributed by atoms with Crippen LogP contribution >= 0.6 is 0 Å². The molecule has 1 amide bonds. The van der Waals surface area contributed by atoms with Gasteiger partial charge in [-0.1, -0.05) is 42.5 Å².